The predicted octanol–water partition coefficient (Wildman–Crippen LogP) is 2.92. The molecule has 3 heteroatoms. The first-order chi connectivity index (χ1) is 9.28. The highest BCUT2D eigenvalue weighted by Crippen LogP contribution is 2.21. The van der Waals surface area contributed by atoms with E-state index in [1.54, 1.807) is 0 Å². The van der Waals surface area contributed by atoms with E-state index in [0.29, 0.717) is 0 Å². The zero-order valence-corrected chi connectivity index (χ0v) is 12.0. The number of aromatic nitrogens is 2. The molecule has 0 saturated carbocycles. The van der Waals surface area contributed by atoms with E-state index in [4.69, 9.17) is 0 Å². The van der Waals surface area contributed by atoms with Gasteiger partial charge in [-0.2, -0.15) is 0 Å². The maximum absolute atomic E-state index is 4.65. The number of imidazole rings is 1. The molecule has 19 heavy (non-hydrogen) atoms. The second-order valence-corrected chi connectivity index (χ2v) is 5.73. The summed E-state index contributed by atoms with van der Waals surface area (Å²) in [5.41, 5.74) is 2.56. The summed E-state index contributed by atoms with van der Waals surface area (Å²) in [7, 11) is 0. The van der Waals surface area contributed by atoms with Gasteiger partial charge in [-0.1, -0.05) is 13.0 Å². The van der Waals surface area contributed by atoms with Crippen LogP contribution >= 0.6 is 0 Å². The molecule has 1 atom stereocenters. The molecule has 0 amide bonds. The van der Waals surface area contributed by atoms with Gasteiger partial charge in [0.25, 0.3) is 0 Å². The normalized spacial score (nSPS) is 21.1. The van der Waals surface area contributed by atoms with Crippen LogP contribution in [0.25, 0.3) is 5.52 Å². The molecule has 3 nitrogen and oxygen atoms in total. The van der Waals surface area contributed by atoms with Crippen LogP contribution in [0.3, 0.4) is 0 Å². The second-order valence-electron chi connectivity index (χ2n) is 5.73. The quantitative estimate of drug-likeness (QED) is 0.842. The standard InChI is InChI=1S/C16H23N3/c1-3-18-8-5-7-14(12-18)10-16-17-11-15-13(2)6-4-9-19(15)16/h4,6,9,11,14H,3,5,7-8,10,12H2,1-2H3. The van der Waals surface area contributed by atoms with E-state index < -0.39 is 0 Å². The van der Waals surface area contributed by atoms with Crippen LogP contribution in [0.2, 0.25) is 0 Å². The fourth-order valence-corrected chi connectivity index (χ4v) is 3.23. The summed E-state index contributed by atoms with van der Waals surface area (Å²) in [6.07, 6.45) is 7.95. The van der Waals surface area contributed by atoms with Crippen LogP contribution in [-0.2, 0) is 6.42 Å². The van der Waals surface area contributed by atoms with Crippen molar-refractivity contribution >= 4 is 5.52 Å². The zero-order chi connectivity index (χ0) is 13.2. The first kappa shape index (κ1) is 12.7. The summed E-state index contributed by atoms with van der Waals surface area (Å²) >= 11 is 0. The molecule has 0 aromatic carbocycles. The Balaban J connectivity index is 1.80. The van der Waals surface area contributed by atoms with Gasteiger partial charge in [0.15, 0.2) is 0 Å². The minimum absolute atomic E-state index is 0.764. The lowest BCUT2D eigenvalue weighted by Gasteiger charge is -2.31. The molecule has 3 heterocycles. The van der Waals surface area contributed by atoms with Crippen molar-refractivity contribution < 1.29 is 0 Å². The fourth-order valence-electron chi connectivity index (χ4n) is 3.23. The van der Waals surface area contributed by atoms with Crippen LogP contribution in [0.4, 0.5) is 0 Å². The minimum atomic E-state index is 0.764. The van der Waals surface area contributed by atoms with Crippen LogP contribution in [-0.4, -0.2) is 33.9 Å². The third-order valence-corrected chi connectivity index (χ3v) is 4.38. The van der Waals surface area contributed by atoms with Crippen molar-refractivity contribution in [1.82, 2.24) is 14.3 Å². The smallest absolute Gasteiger partial charge is 0.113 e. The zero-order valence-electron chi connectivity index (χ0n) is 12.0. The largest absolute Gasteiger partial charge is 0.303 e. The van der Waals surface area contributed by atoms with E-state index in [1.807, 2.05) is 6.20 Å². The van der Waals surface area contributed by atoms with Gasteiger partial charge >= 0.3 is 0 Å². The Kier molecular flexibility index (Phi) is 3.56. The van der Waals surface area contributed by atoms with Crippen molar-refractivity contribution in [3.05, 3.63) is 35.9 Å². The lowest BCUT2D eigenvalue weighted by molar-refractivity contribution is 0.180. The van der Waals surface area contributed by atoms with Gasteiger partial charge in [-0.3, -0.25) is 0 Å². The number of hydrogen-bond acceptors (Lipinski definition) is 2. The first-order valence-electron chi connectivity index (χ1n) is 7.42. The topological polar surface area (TPSA) is 20.5 Å². The molecule has 1 saturated heterocycles. The number of pyridine rings is 1. The Morgan fingerprint density at radius 2 is 2.32 bits per heavy atom. The van der Waals surface area contributed by atoms with Gasteiger partial charge in [-0.15, -0.1) is 0 Å². The number of piperidine rings is 1. The lowest BCUT2D eigenvalue weighted by atomic mass is 9.94. The van der Waals surface area contributed by atoms with Gasteiger partial charge in [0.1, 0.15) is 5.82 Å². The Morgan fingerprint density at radius 3 is 3.16 bits per heavy atom. The van der Waals surface area contributed by atoms with Gasteiger partial charge in [-0.25, -0.2) is 4.98 Å². The Bertz CT molecular complexity index is 558. The van der Waals surface area contributed by atoms with Crippen LogP contribution in [0, 0.1) is 12.8 Å². The van der Waals surface area contributed by atoms with Crippen LogP contribution in [0.5, 0.6) is 0 Å². The molecule has 2 aromatic heterocycles. The number of nitrogens with zero attached hydrogens (tertiary/aromatic N) is 3. The minimum Gasteiger partial charge on any atom is -0.303 e. The van der Waals surface area contributed by atoms with E-state index in [2.05, 4.69) is 46.5 Å². The monoisotopic (exact) mass is 257 g/mol. The number of aryl methyl sites for hydroxylation is 1. The van der Waals surface area contributed by atoms with Crippen molar-refractivity contribution in [3.63, 3.8) is 0 Å². The van der Waals surface area contributed by atoms with E-state index in [1.165, 1.54) is 49.4 Å². The van der Waals surface area contributed by atoms with Crippen molar-refractivity contribution in [2.24, 2.45) is 5.92 Å². The summed E-state index contributed by atoms with van der Waals surface area (Å²) in [6.45, 7) is 8.10. The Hall–Kier alpha value is -1.35. The average Bonchev–Trinajstić information content (AvgIpc) is 2.84. The van der Waals surface area contributed by atoms with Crippen molar-refractivity contribution in [2.45, 2.75) is 33.1 Å². The van der Waals surface area contributed by atoms with Gasteiger partial charge in [0, 0.05) is 19.2 Å². The molecule has 3 rings (SSSR count). The molecule has 2 aromatic rings. The second kappa shape index (κ2) is 5.33. The molecular weight excluding hydrogens is 234 g/mol. The summed E-state index contributed by atoms with van der Waals surface area (Å²) < 4.78 is 2.26. The maximum Gasteiger partial charge on any atom is 0.113 e. The number of rotatable bonds is 3. The molecule has 1 unspecified atom stereocenters. The first-order valence-corrected chi connectivity index (χ1v) is 7.42. The van der Waals surface area contributed by atoms with Crippen molar-refractivity contribution in [1.29, 1.82) is 0 Å². The SMILES string of the molecule is CCN1CCCC(Cc2ncc3c(C)cccn23)C1. The molecule has 1 aliphatic rings. The molecule has 1 aliphatic heterocycles. The fraction of sp³-hybridized carbons (Fsp3) is 0.562. The molecular formula is C16H23N3. The predicted molar refractivity (Wildman–Crippen MR) is 78.5 cm³/mol. The Morgan fingerprint density at radius 1 is 1.42 bits per heavy atom. The van der Waals surface area contributed by atoms with E-state index in [-0.39, 0.29) is 0 Å². The Labute approximate surface area is 115 Å². The van der Waals surface area contributed by atoms with Crippen LogP contribution in [0.1, 0.15) is 31.2 Å². The molecule has 0 aliphatic carbocycles. The van der Waals surface area contributed by atoms with Gasteiger partial charge in [0.05, 0.1) is 11.7 Å². The molecule has 0 bridgehead atoms. The summed E-state index contributed by atoms with van der Waals surface area (Å²) in [5, 5.41) is 0. The number of fused-ring (bicyclic) bond motifs is 1. The molecule has 102 valence electrons. The summed E-state index contributed by atoms with van der Waals surface area (Å²) in [4.78, 5) is 7.21. The summed E-state index contributed by atoms with van der Waals surface area (Å²) in [5.74, 6) is 1.99. The van der Waals surface area contributed by atoms with E-state index >= 15 is 0 Å². The number of hydrogen-bond donors (Lipinski definition) is 0. The van der Waals surface area contributed by atoms with Gasteiger partial charge in [0.2, 0.25) is 0 Å². The number of likely N-dealkylation sites (tertiary alicyclic amines) is 1. The molecule has 0 radical (unpaired) electrons. The van der Waals surface area contributed by atoms with Gasteiger partial charge < -0.3 is 9.30 Å². The highest BCUT2D eigenvalue weighted by Gasteiger charge is 2.20. The summed E-state index contributed by atoms with van der Waals surface area (Å²) in [6, 6.07) is 4.27. The molecule has 0 N–H and O–H groups in total. The maximum atomic E-state index is 4.65. The van der Waals surface area contributed by atoms with Crippen molar-refractivity contribution in [3.8, 4) is 0 Å². The molecule has 0 spiro atoms. The van der Waals surface area contributed by atoms with E-state index in [9.17, 15) is 0 Å². The lowest BCUT2D eigenvalue weighted by Crippen LogP contribution is -2.36. The average molecular weight is 257 g/mol. The van der Waals surface area contributed by atoms with E-state index in [0.717, 1.165) is 12.3 Å². The van der Waals surface area contributed by atoms with Crippen molar-refractivity contribution in [2.75, 3.05) is 19.6 Å². The molecule has 1 fully saturated rings. The highest BCUT2D eigenvalue weighted by molar-refractivity contribution is 5.53. The van der Waals surface area contributed by atoms with Gasteiger partial charge in [-0.05, 0) is 50.4 Å². The van der Waals surface area contributed by atoms with Crippen LogP contribution < -0.4 is 0 Å². The third-order valence-electron chi connectivity index (χ3n) is 4.38. The van der Waals surface area contributed by atoms with Crippen LogP contribution in [0.15, 0.2) is 24.5 Å². The highest BCUT2D eigenvalue weighted by atomic mass is 15.1. The third kappa shape index (κ3) is 2.52.